The van der Waals surface area contributed by atoms with Crippen LogP contribution in [0.15, 0.2) is 24.3 Å². The number of hydrogen-bond donors (Lipinski definition) is 2. The van der Waals surface area contributed by atoms with Gasteiger partial charge in [0.25, 0.3) is 0 Å². The van der Waals surface area contributed by atoms with Gasteiger partial charge in [0.15, 0.2) is 11.6 Å². The second-order valence-electron chi connectivity index (χ2n) is 6.43. The highest BCUT2D eigenvalue weighted by Gasteiger charge is 2.30. The molecule has 1 atom stereocenters. The van der Waals surface area contributed by atoms with Crippen LogP contribution in [0.1, 0.15) is 25.7 Å². The zero-order valence-electron chi connectivity index (χ0n) is 12.9. The minimum atomic E-state index is -0.722. The van der Waals surface area contributed by atoms with Gasteiger partial charge in [-0.05, 0) is 37.8 Å². The maximum Gasteiger partial charge on any atom is 0.308 e. The van der Waals surface area contributed by atoms with Crippen molar-refractivity contribution in [1.29, 1.82) is 0 Å². The lowest BCUT2D eigenvalue weighted by Gasteiger charge is -2.32. The van der Waals surface area contributed by atoms with Gasteiger partial charge in [0.2, 0.25) is 0 Å². The Kier molecular flexibility index (Phi) is 3.52. The summed E-state index contributed by atoms with van der Waals surface area (Å²) < 4.78 is 0. The molecule has 1 saturated heterocycles. The van der Waals surface area contributed by atoms with Gasteiger partial charge in [-0.1, -0.05) is 12.1 Å². The number of nitrogens with zero attached hydrogens (tertiary/aromatic N) is 3. The Labute approximate surface area is 134 Å². The van der Waals surface area contributed by atoms with Crippen molar-refractivity contribution < 1.29 is 9.90 Å². The average molecular weight is 312 g/mol. The molecule has 0 unspecified atom stereocenters. The third-order valence-corrected chi connectivity index (χ3v) is 4.54. The highest BCUT2D eigenvalue weighted by atomic mass is 16.4. The first kappa shape index (κ1) is 14.2. The van der Waals surface area contributed by atoms with Gasteiger partial charge in [-0.25, -0.2) is 9.97 Å². The van der Waals surface area contributed by atoms with E-state index in [0.717, 1.165) is 54.9 Å². The maximum absolute atomic E-state index is 11.3. The topological polar surface area (TPSA) is 78.3 Å². The quantitative estimate of drug-likeness (QED) is 0.903. The van der Waals surface area contributed by atoms with Crippen LogP contribution in [0.25, 0.3) is 11.0 Å². The maximum atomic E-state index is 11.3. The van der Waals surface area contributed by atoms with Gasteiger partial charge in [0, 0.05) is 19.1 Å². The molecular formula is C17H20N4O2. The Balaban J connectivity index is 1.72. The summed E-state index contributed by atoms with van der Waals surface area (Å²) >= 11 is 0. The first-order chi connectivity index (χ1) is 11.2. The second kappa shape index (κ2) is 5.68. The number of carboxylic acids is 1. The van der Waals surface area contributed by atoms with Crippen molar-refractivity contribution >= 4 is 28.6 Å². The Bertz CT molecular complexity index is 744. The number of carbonyl (C=O) groups is 1. The van der Waals surface area contributed by atoms with Crippen LogP contribution in [0, 0.1) is 5.92 Å². The summed E-state index contributed by atoms with van der Waals surface area (Å²) in [5.41, 5.74) is 1.72. The largest absolute Gasteiger partial charge is 0.481 e. The molecule has 1 aliphatic carbocycles. The van der Waals surface area contributed by atoms with Crippen LogP contribution >= 0.6 is 0 Å². The minimum absolute atomic E-state index is 0.328. The number of carboxylic acid groups (broad SMARTS) is 1. The van der Waals surface area contributed by atoms with Crippen LogP contribution < -0.4 is 10.2 Å². The Morgan fingerprint density at radius 1 is 1.17 bits per heavy atom. The van der Waals surface area contributed by atoms with Crippen molar-refractivity contribution in [3.63, 3.8) is 0 Å². The SMILES string of the molecule is O=C(O)[C@H]1CCCN(c2nc3ccccc3nc2NC2CC2)C1. The highest BCUT2D eigenvalue weighted by Crippen LogP contribution is 2.32. The third kappa shape index (κ3) is 2.93. The van der Waals surface area contributed by atoms with Crippen LogP contribution in [-0.2, 0) is 4.79 Å². The van der Waals surface area contributed by atoms with Gasteiger partial charge in [-0.2, -0.15) is 0 Å². The van der Waals surface area contributed by atoms with E-state index in [1.54, 1.807) is 0 Å². The van der Waals surface area contributed by atoms with Crippen molar-refractivity contribution in [2.45, 2.75) is 31.7 Å². The molecule has 0 amide bonds. The third-order valence-electron chi connectivity index (χ3n) is 4.54. The fourth-order valence-corrected chi connectivity index (χ4v) is 3.10. The van der Waals surface area contributed by atoms with E-state index in [0.29, 0.717) is 12.6 Å². The zero-order chi connectivity index (χ0) is 15.8. The van der Waals surface area contributed by atoms with Crippen molar-refractivity contribution in [1.82, 2.24) is 9.97 Å². The number of rotatable bonds is 4. The number of nitrogens with one attached hydrogen (secondary N) is 1. The molecule has 2 N–H and O–H groups in total. The minimum Gasteiger partial charge on any atom is -0.481 e. The van der Waals surface area contributed by atoms with E-state index >= 15 is 0 Å². The Morgan fingerprint density at radius 3 is 2.61 bits per heavy atom. The molecule has 2 aromatic rings. The summed E-state index contributed by atoms with van der Waals surface area (Å²) in [4.78, 5) is 22.9. The van der Waals surface area contributed by atoms with Crippen molar-refractivity contribution in [3.05, 3.63) is 24.3 Å². The zero-order valence-corrected chi connectivity index (χ0v) is 12.9. The predicted molar refractivity (Wildman–Crippen MR) is 88.8 cm³/mol. The van der Waals surface area contributed by atoms with Gasteiger partial charge in [0.05, 0.1) is 17.0 Å². The van der Waals surface area contributed by atoms with Gasteiger partial charge in [0.1, 0.15) is 0 Å². The molecule has 1 aromatic carbocycles. The van der Waals surface area contributed by atoms with E-state index in [1.807, 2.05) is 24.3 Å². The lowest BCUT2D eigenvalue weighted by Crippen LogP contribution is -2.39. The number of piperidine rings is 1. The smallest absolute Gasteiger partial charge is 0.308 e. The standard InChI is InChI=1S/C17H20N4O2/c22-17(23)11-4-3-9-21(10-11)16-15(18-12-7-8-12)19-13-5-1-2-6-14(13)20-16/h1-2,5-6,11-12H,3-4,7-10H2,(H,18,19)(H,22,23)/t11-/m0/s1. The van der Waals surface area contributed by atoms with E-state index in [4.69, 9.17) is 9.97 Å². The number of benzene rings is 1. The van der Waals surface area contributed by atoms with E-state index in [-0.39, 0.29) is 5.92 Å². The van der Waals surface area contributed by atoms with E-state index in [1.165, 1.54) is 0 Å². The summed E-state index contributed by atoms with van der Waals surface area (Å²) in [6.07, 6.45) is 3.92. The van der Waals surface area contributed by atoms with Crippen molar-refractivity contribution in [3.8, 4) is 0 Å². The molecule has 1 aromatic heterocycles. The molecule has 2 aliphatic rings. The van der Waals surface area contributed by atoms with Gasteiger partial charge in [-0.15, -0.1) is 0 Å². The summed E-state index contributed by atoms with van der Waals surface area (Å²) in [6, 6.07) is 8.29. The Hall–Kier alpha value is -2.37. The molecule has 6 nitrogen and oxygen atoms in total. The lowest BCUT2D eigenvalue weighted by atomic mass is 9.98. The highest BCUT2D eigenvalue weighted by molar-refractivity contribution is 5.81. The van der Waals surface area contributed by atoms with E-state index in [9.17, 15) is 9.90 Å². The number of hydrogen-bond acceptors (Lipinski definition) is 5. The fraction of sp³-hybridized carbons (Fsp3) is 0.471. The van der Waals surface area contributed by atoms with Crippen molar-refractivity contribution in [2.24, 2.45) is 5.92 Å². The molecule has 120 valence electrons. The molecule has 1 saturated carbocycles. The molecule has 1 aliphatic heterocycles. The fourth-order valence-electron chi connectivity index (χ4n) is 3.10. The molecule has 0 bridgehead atoms. The first-order valence-corrected chi connectivity index (χ1v) is 8.22. The van der Waals surface area contributed by atoms with E-state index in [2.05, 4.69) is 10.2 Å². The number of para-hydroxylation sites is 2. The number of anilines is 2. The van der Waals surface area contributed by atoms with Crippen LogP contribution in [-0.4, -0.2) is 40.2 Å². The van der Waals surface area contributed by atoms with Crippen LogP contribution in [0.2, 0.25) is 0 Å². The van der Waals surface area contributed by atoms with Gasteiger partial charge < -0.3 is 15.3 Å². The number of aliphatic carboxylic acids is 1. The number of fused-ring (bicyclic) bond motifs is 1. The lowest BCUT2D eigenvalue weighted by molar-refractivity contribution is -0.141. The summed E-state index contributed by atoms with van der Waals surface area (Å²) in [7, 11) is 0. The predicted octanol–water partition coefficient (Wildman–Crippen LogP) is 2.51. The van der Waals surface area contributed by atoms with Crippen LogP contribution in [0.4, 0.5) is 11.6 Å². The van der Waals surface area contributed by atoms with Crippen LogP contribution in [0.5, 0.6) is 0 Å². The molecule has 4 rings (SSSR count). The average Bonchev–Trinajstić information content (AvgIpc) is 3.38. The molecule has 23 heavy (non-hydrogen) atoms. The van der Waals surface area contributed by atoms with E-state index < -0.39 is 5.97 Å². The Morgan fingerprint density at radius 2 is 1.91 bits per heavy atom. The summed E-state index contributed by atoms with van der Waals surface area (Å²) in [5.74, 6) is 0.532. The molecule has 0 spiro atoms. The second-order valence-corrected chi connectivity index (χ2v) is 6.43. The molecular weight excluding hydrogens is 292 g/mol. The normalized spacial score (nSPS) is 21.4. The monoisotopic (exact) mass is 312 g/mol. The van der Waals surface area contributed by atoms with Crippen LogP contribution in [0.3, 0.4) is 0 Å². The molecule has 2 heterocycles. The molecule has 2 fully saturated rings. The molecule has 6 heteroatoms. The van der Waals surface area contributed by atoms with Gasteiger partial charge in [-0.3, -0.25) is 4.79 Å². The van der Waals surface area contributed by atoms with Crippen molar-refractivity contribution in [2.75, 3.05) is 23.3 Å². The first-order valence-electron chi connectivity index (χ1n) is 8.22. The number of aromatic nitrogens is 2. The summed E-state index contributed by atoms with van der Waals surface area (Å²) in [5, 5.41) is 12.8. The summed E-state index contributed by atoms with van der Waals surface area (Å²) in [6.45, 7) is 1.33. The van der Waals surface area contributed by atoms with Gasteiger partial charge >= 0.3 is 5.97 Å². The molecule has 0 radical (unpaired) electrons.